The minimum absolute atomic E-state index is 0.0525. The van der Waals surface area contributed by atoms with Crippen LogP contribution < -0.4 is 0 Å². The van der Waals surface area contributed by atoms with Crippen LogP contribution in [-0.2, 0) is 17.9 Å². The van der Waals surface area contributed by atoms with Crippen LogP contribution in [0.1, 0.15) is 30.9 Å². The third kappa shape index (κ3) is 5.87. The third-order valence-corrected chi connectivity index (χ3v) is 4.05. The van der Waals surface area contributed by atoms with E-state index in [4.69, 9.17) is 9.84 Å². The summed E-state index contributed by atoms with van der Waals surface area (Å²) in [4.78, 5) is 14.1. The maximum Gasteiger partial charge on any atom is 0.410 e. The number of carbonyl (C=O) groups excluding carboxylic acids is 1. The van der Waals surface area contributed by atoms with E-state index in [0.717, 1.165) is 5.56 Å². The maximum atomic E-state index is 14.0. The number of rotatable bonds is 8. The standard InChI is InChI=1S/C20H24FNO3/c1-16(8-7-13-23)22(14-18-11-5-6-12-19(18)21)20(24)25-15-17-9-3-2-4-10-17/h2-6,9-12,16,23H,7-8,13-15H2,1H3. The first-order chi connectivity index (χ1) is 12.1. The quantitative estimate of drug-likeness (QED) is 0.783. The molecule has 0 saturated carbocycles. The number of carbonyl (C=O) groups is 1. The molecule has 0 fully saturated rings. The Morgan fingerprint density at radius 2 is 1.84 bits per heavy atom. The molecule has 0 aromatic heterocycles. The van der Waals surface area contributed by atoms with Crippen molar-refractivity contribution >= 4 is 6.09 Å². The Bertz CT molecular complexity index is 663. The topological polar surface area (TPSA) is 49.8 Å². The van der Waals surface area contributed by atoms with E-state index >= 15 is 0 Å². The molecule has 0 radical (unpaired) electrons. The monoisotopic (exact) mass is 345 g/mol. The average Bonchev–Trinajstić information content (AvgIpc) is 2.64. The average molecular weight is 345 g/mol. The van der Waals surface area contributed by atoms with Crippen LogP contribution in [0.25, 0.3) is 0 Å². The molecule has 1 unspecified atom stereocenters. The van der Waals surface area contributed by atoms with Crippen LogP contribution in [0.15, 0.2) is 54.6 Å². The van der Waals surface area contributed by atoms with E-state index in [1.807, 2.05) is 37.3 Å². The Morgan fingerprint density at radius 3 is 2.52 bits per heavy atom. The zero-order chi connectivity index (χ0) is 18.1. The van der Waals surface area contributed by atoms with Gasteiger partial charge in [0.2, 0.25) is 0 Å². The fraction of sp³-hybridized carbons (Fsp3) is 0.350. The summed E-state index contributed by atoms with van der Waals surface area (Å²) in [6, 6.07) is 15.6. The number of halogens is 1. The fourth-order valence-electron chi connectivity index (χ4n) is 2.56. The second-order valence-electron chi connectivity index (χ2n) is 5.97. The van der Waals surface area contributed by atoms with E-state index in [-0.39, 0.29) is 31.6 Å². The molecule has 1 N–H and O–H groups in total. The van der Waals surface area contributed by atoms with Gasteiger partial charge < -0.3 is 14.7 Å². The summed E-state index contributed by atoms with van der Waals surface area (Å²) in [6.07, 6.45) is 0.698. The van der Waals surface area contributed by atoms with Crippen molar-refractivity contribution in [3.05, 3.63) is 71.5 Å². The zero-order valence-corrected chi connectivity index (χ0v) is 14.4. The summed E-state index contributed by atoms with van der Waals surface area (Å²) in [5.41, 5.74) is 1.33. The lowest BCUT2D eigenvalue weighted by molar-refractivity contribution is 0.0763. The van der Waals surface area contributed by atoms with Gasteiger partial charge >= 0.3 is 6.09 Å². The number of benzene rings is 2. The Hall–Kier alpha value is -2.40. The molecule has 0 aliphatic carbocycles. The molecule has 4 nitrogen and oxygen atoms in total. The van der Waals surface area contributed by atoms with E-state index < -0.39 is 6.09 Å². The largest absolute Gasteiger partial charge is 0.445 e. The Balaban J connectivity index is 2.07. The molecule has 0 saturated heterocycles. The van der Waals surface area contributed by atoms with Crippen LogP contribution >= 0.6 is 0 Å². The molecule has 1 atom stereocenters. The molecule has 25 heavy (non-hydrogen) atoms. The van der Waals surface area contributed by atoms with Gasteiger partial charge in [-0.3, -0.25) is 0 Å². The fourth-order valence-corrected chi connectivity index (χ4v) is 2.56. The highest BCUT2D eigenvalue weighted by atomic mass is 19.1. The SMILES string of the molecule is CC(CCCO)N(Cc1ccccc1F)C(=O)OCc1ccccc1. The van der Waals surface area contributed by atoms with Crippen LogP contribution in [-0.4, -0.2) is 28.7 Å². The number of hydrogen-bond donors (Lipinski definition) is 1. The first-order valence-corrected chi connectivity index (χ1v) is 8.43. The van der Waals surface area contributed by atoms with Gasteiger partial charge in [-0.1, -0.05) is 48.5 Å². The predicted molar refractivity (Wildman–Crippen MR) is 94.4 cm³/mol. The van der Waals surface area contributed by atoms with Crippen molar-refractivity contribution in [3.8, 4) is 0 Å². The van der Waals surface area contributed by atoms with Gasteiger partial charge in [-0.2, -0.15) is 0 Å². The molecule has 5 heteroatoms. The molecule has 2 aromatic rings. The van der Waals surface area contributed by atoms with Crippen molar-refractivity contribution in [1.82, 2.24) is 4.90 Å². The molecule has 0 heterocycles. The van der Waals surface area contributed by atoms with Gasteiger partial charge in [0, 0.05) is 18.2 Å². The zero-order valence-electron chi connectivity index (χ0n) is 14.4. The first-order valence-electron chi connectivity index (χ1n) is 8.43. The van der Waals surface area contributed by atoms with E-state index in [2.05, 4.69) is 0 Å². The van der Waals surface area contributed by atoms with Crippen molar-refractivity contribution in [2.75, 3.05) is 6.61 Å². The maximum absolute atomic E-state index is 14.0. The van der Waals surface area contributed by atoms with Gasteiger partial charge in [-0.05, 0) is 31.4 Å². The minimum Gasteiger partial charge on any atom is -0.445 e. The molecule has 0 aliphatic heterocycles. The highest BCUT2D eigenvalue weighted by Crippen LogP contribution is 2.17. The van der Waals surface area contributed by atoms with Gasteiger partial charge in [-0.25, -0.2) is 9.18 Å². The van der Waals surface area contributed by atoms with Crippen molar-refractivity contribution in [1.29, 1.82) is 0 Å². The number of hydrogen-bond acceptors (Lipinski definition) is 3. The van der Waals surface area contributed by atoms with E-state index in [1.54, 1.807) is 18.2 Å². The summed E-state index contributed by atoms with van der Waals surface area (Å²) in [5.74, 6) is -0.349. The van der Waals surface area contributed by atoms with Gasteiger partial charge in [0.25, 0.3) is 0 Å². The van der Waals surface area contributed by atoms with Gasteiger partial charge in [0.15, 0.2) is 0 Å². The Kier molecular flexibility index (Phi) is 7.41. The highest BCUT2D eigenvalue weighted by Gasteiger charge is 2.22. The van der Waals surface area contributed by atoms with Crippen LogP contribution in [0.5, 0.6) is 0 Å². The smallest absolute Gasteiger partial charge is 0.410 e. The van der Waals surface area contributed by atoms with Gasteiger partial charge in [0.05, 0.1) is 6.54 Å². The molecule has 2 rings (SSSR count). The molecule has 0 spiro atoms. The number of aliphatic hydroxyl groups excluding tert-OH is 1. The number of amides is 1. The molecule has 0 bridgehead atoms. The summed E-state index contributed by atoms with van der Waals surface area (Å²) in [5, 5.41) is 9.03. The summed E-state index contributed by atoms with van der Waals surface area (Å²) in [7, 11) is 0. The molecular weight excluding hydrogens is 321 g/mol. The molecule has 1 amide bonds. The van der Waals surface area contributed by atoms with E-state index in [1.165, 1.54) is 11.0 Å². The van der Waals surface area contributed by atoms with Crippen molar-refractivity contribution in [2.24, 2.45) is 0 Å². The van der Waals surface area contributed by atoms with Gasteiger partial charge in [0.1, 0.15) is 12.4 Å². The minimum atomic E-state index is -0.488. The van der Waals surface area contributed by atoms with Crippen LogP contribution in [0.2, 0.25) is 0 Å². The van der Waals surface area contributed by atoms with Crippen LogP contribution in [0.4, 0.5) is 9.18 Å². The lowest BCUT2D eigenvalue weighted by Gasteiger charge is -2.28. The lowest BCUT2D eigenvalue weighted by Crippen LogP contribution is -2.38. The normalized spacial score (nSPS) is 11.8. The molecule has 0 aliphatic rings. The third-order valence-electron chi connectivity index (χ3n) is 4.05. The lowest BCUT2D eigenvalue weighted by atomic mass is 10.1. The Morgan fingerprint density at radius 1 is 1.16 bits per heavy atom. The Labute approximate surface area is 147 Å². The number of nitrogens with zero attached hydrogens (tertiary/aromatic N) is 1. The first kappa shape index (κ1) is 18.9. The highest BCUT2D eigenvalue weighted by molar-refractivity contribution is 5.68. The second kappa shape index (κ2) is 9.79. The van der Waals surface area contributed by atoms with Crippen molar-refractivity contribution < 1.29 is 19.0 Å². The van der Waals surface area contributed by atoms with Gasteiger partial charge in [-0.15, -0.1) is 0 Å². The summed E-state index contributed by atoms with van der Waals surface area (Å²) < 4.78 is 19.4. The second-order valence-corrected chi connectivity index (χ2v) is 5.97. The van der Waals surface area contributed by atoms with E-state index in [0.29, 0.717) is 18.4 Å². The predicted octanol–water partition coefficient (Wildman–Crippen LogP) is 4.13. The van der Waals surface area contributed by atoms with Crippen molar-refractivity contribution in [2.45, 2.75) is 39.0 Å². The molecule has 134 valence electrons. The van der Waals surface area contributed by atoms with E-state index in [9.17, 15) is 9.18 Å². The molecular formula is C20H24FNO3. The van der Waals surface area contributed by atoms with Crippen molar-refractivity contribution in [3.63, 3.8) is 0 Å². The summed E-state index contributed by atoms with van der Waals surface area (Å²) >= 11 is 0. The molecule has 2 aromatic carbocycles. The van der Waals surface area contributed by atoms with Crippen LogP contribution in [0.3, 0.4) is 0 Å². The number of aliphatic hydroxyl groups is 1. The van der Waals surface area contributed by atoms with Crippen LogP contribution in [0, 0.1) is 5.82 Å². The number of ether oxygens (including phenoxy) is 1. The summed E-state index contributed by atoms with van der Waals surface area (Å²) in [6.45, 7) is 2.23.